The zero-order valence-electron chi connectivity index (χ0n) is 23.9. The fourth-order valence-electron chi connectivity index (χ4n) is 6.95. The second-order valence-corrected chi connectivity index (χ2v) is 11.8. The van der Waals surface area contributed by atoms with Gasteiger partial charge in [-0.2, -0.15) is 5.10 Å². The number of nitrogens with zero attached hydrogens (tertiary/aromatic N) is 4. The molecule has 1 saturated carbocycles. The summed E-state index contributed by atoms with van der Waals surface area (Å²) in [5, 5.41) is 28.4. The van der Waals surface area contributed by atoms with Crippen LogP contribution in [0.2, 0.25) is 0 Å². The van der Waals surface area contributed by atoms with Crippen molar-refractivity contribution in [1.29, 1.82) is 0 Å². The molecule has 0 atom stereocenters. The summed E-state index contributed by atoms with van der Waals surface area (Å²) in [5.41, 5.74) is 4.41. The van der Waals surface area contributed by atoms with Crippen LogP contribution in [0, 0.1) is 5.82 Å². The maximum atomic E-state index is 15.3. The summed E-state index contributed by atoms with van der Waals surface area (Å²) in [6.07, 6.45) is 9.34. The maximum absolute atomic E-state index is 15.3. The quantitative estimate of drug-likeness (QED) is 0.187. The number of carbonyl (C=O) groups is 2. The molecule has 1 aliphatic heterocycles. The summed E-state index contributed by atoms with van der Waals surface area (Å²) in [7, 11) is 0. The number of imide groups is 1. The number of aromatic amines is 1. The lowest BCUT2D eigenvalue weighted by Crippen LogP contribution is -2.64. The van der Waals surface area contributed by atoms with Crippen LogP contribution >= 0.6 is 0 Å². The number of allylic oxidation sites excluding steroid dienone is 1. The topological polar surface area (TPSA) is 132 Å². The normalized spacial score (nSPS) is 18.4. The Kier molecular flexibility index (Phi) is 5.96. The summed E-state index contributed by atoms with van der Waals surface area (Å²) in [6, 6.07) is 17.3. The van der Waals surface area contributed by atoms with E-state index in [2.05, 4.69) is 15.2 Å². The van der Waals surface area contributed by atoms with Crippen molar-refractivity contribution in [3.8, 4) is 33.6 Å². The Morgan fingerprint density at radius 2 is 1.71 bits per heavy atom. The van der Waals surface area contributed by atoms with Crippen LogP contribution in [0.15, 0.2) is 103 Å². The Morgan fingerprint density at radius 1 is 0.911 bits per heavy atom. The van der Waals surface area contributed by atoms with Crippen molar-refractivity contribution < 1.29 is 24.2 Å². The minimum absolute atomic E-state index is 0.209. The van der Waals surface area contributed by atoms with Gasteiger partial charge in [-0.25, -0.2) is 9.37 Å². The zero-order chi connectivity index (χ0) is 30.9. The number of nitrogens with one attached hydrogen (secondary N) is 1. The van der Waals surface area contributed by atoms with Crippen LogP contribution in [0.4, 0.5) is 4.39 Å². The van der Waals surface area contributed by atoms with Crippen molar-refractivity contribution in [2.24, 2.45) is 0 Å². The van der Waals surface area contributed by atoms with E-state index in [-0.39, 0.29) is 18.7 Å². The first-order valence-electron chi connectivity index (χ1n) is 14.6. The van der Waals surface area contributed by atoms with Crippen molar-refractivity contribution in [2.75, 3.05) is 0 Å². The number of pyridine rings is 2. The molecule has 0 spiro atoms. The summed E-state index contributed by atoms with van der Waals surface area (Å²) in [5.74, 6) is -3.24. The summed E-state index contributed by atoms with van der Waals surface area (Å²) in [4.78, 5) is 37.8. The number of hydrogen-bond donors (Lipinski definition) is 3. The number of amides is 2. The first-order chi connectivity index (χ1) is 21.8. The number of rotatable bonds is 5. The Labute approximate surface area is 256 Å². The van der Waals surface area contributed by atoms with E-state index in [1.807, 2.05) is 12.1 Å². The smallest absolute Gasteiger partial charge is 0.262 e. The number of hydrogen-bond acceptors (Lipinski definition) is 7. The van der Waals surface area contributed by atoms with E-state index in [0.717, 1.165) is 10.9 Å². The van der Waals surface area contributed by atoms with Gasteiger partial charge in [-0.05, 0) is 36.6 Å². The second-order valence-electron chi connectivity index (χ2n) is 11.8. The molecule has 2 aromatic carbocycles. The average Bonchev–Trinajstić information content (AvgIpc) is 3.66. The highest BCUT2D eigenvalue weighted by Gasteiger charge is 2.62. The van der Waals surface area contributed by atoms with E-state index in [1.165, 1.54) is 11.0 Å². The fourth-order valence-corrected chi connectivity index (χ4v) is 6.95. The van der Waals surface area contributed by atoms with Crippen LogP contribution in [-0.2, 0) is 15.1 Å². The first-order valence-corrected chi connectivity index (χ1v) is 14.6. The largest absolute Gasteiger partial charge is 0.365 e. The van der Waals surface area contributed by atoms with Gasteiger partial charge >= 0.3 is 0 Å². The molecule has 4 heterocycles. The van der Waals surface area contributed by atoms with Gasteiger partial charge in [0.1, 0.15) is 5.82 Å². The first kappa shape index (κ1) is 27.2. The van der Waals surface area contributed by atoms with Crippen molar-refractivity contribution >= 4 is 22.7 Å². The van der Waals surface area contributed by atoms with E-state index >= 15 is 4.39 Å². The fraction of sp³-hybridized carbons (Fsp3) is 0.171. The maximum Gasteiger partial charge on any atom is 0.262 e. The SMILES string of the molecule is O=C1C2=C(CCC=C2)C(=O)N1C1(c2ccc(-c3nc4ccnc(-c5cn[nH]c5)c4cc3-c3ccccc3F)cc2)CC(O)(O)C1. The second kappa shape index (κ2) is 9.85. The molecule has 10 heteroatoms. The molecule has 8 rings (SSSR count). The molecule has 222 valence electrons. The molecule has 0 bridgehead atoms. The highest BCUT2D eigenvalue weighted by Crippen LogP contribution is 2.54. The number of benzene rings is 2. The minimum atomic E-state index is -2.02. The number of aliphatic hydroxyl groups is 2. The molecule has 0 unspecified atom stereocenters. The number of carbonyl (C=O) groups excluding carboxylic acids is 2. The Bertz CT molecular complexity index is 2090. The molecule has 0 radical (unpaired) electrons. The molecule has 3 aliphatic rings. The molecular formula is C35H26FN5O4. The van der Waals surface area contributed by atoms with E-state index in [1.54, 1.807) is 73.2 Å². The van der Waals surface area contributed by atoms with Gasteiger partial charge in [0, 0.05) is 64.0 Å². The van der Waals surface area contributed by atoms with Gasteiger partial charge in [-0.3, -0.25) is 24.6 Å². The lowest BCUT2D eigenvalue weighted by molar-refractivity contribution is -0.267. The van der Waals surface area contributed by atoms with Gasteiger partial charge in [0.15, 0.2) is 5.79 Å². The van der Waals surface area contributed by atoms with Gasteiger partial charge < -0.3 is 10.2 Å². The van der Waals surface area contributed by atoms with Crippen molar-refractivity contribution in [3.63, 3.8) is 0 Å². The third-order valence-electron chi connectivity index (χ3n) is 9.02. The third-order valence-corrected chi connectivity index (χ3v) is 9.02. The van der Waals surface area contributed by atoms with E-state index in [0.29, 0.717) is 63.1 Å². The van der Waals surface area contributed by atoms with Crippen molar-refractivity contribution in [3.05, 3.63) is 114 Å². The van der Waals surface area contributed by atoms with Crippen LogP contribution in [0.1, 0.15) is 31.2 Å². The summed E-state index contributed by atoms with van der Waals surface area (Å²) < 4.78 is 15.3. The molecule has 45 heavy (non-hydrogen) atoms. The van der Waals surface area contributed by atoms with Crippen molar-refractivity contribution in [1.82, 2.24) is 25.1 Å². The minimum Gasteiger partial charge on any atom is -0.365 e. The lowest BCUT2D eigenvalue weighted by Gasteiger charge is -2.54. The van der Waals surface area contributed by atoms with E-state index in [4.69, 9.17) is 4.98 Å². The van der Waals surface area contributed by atoms with E-state index < -0.39 is 23.1 Å². The zero-order valence-corrected chi connectivity index (χ0v) is 23.9. The van der Waals surface area contributed by atoms with Crippen LogP contribution in [-0.4, -0.2) is 52.9 Å². The summed E-state index contributed by atoms with van der Waals surface area (Å²) in [6.45, 7) is 0. The van der Waals surface area contributed by atoms with Crippen LogP contribution < -0.4 is 0 Å². The molecule has 9 nitrogen and oxygen atoms in total. The molecule has 2 amide bonds. The predicted molar refractivity (Wildman–Crippen MR) is 163 cm³/mol. The Balaban J connectivity index is 1.25. The highest BCUT2D eigenvalue weighted by atomic mass is 19.1. The monoisotopic (exact) mass is 599 g/mol. The molecular weight excluding hydrogens is 573 g/mol. The van der Waals surface area contributed by atoms with Crippen molar-refractivity contribution in [2.45, 2.75) is 37.0 Å². The molecule has 3 aromatic heterocycles. The molecule has 5 aromatic rings. The lowest BCUT2D eigenvalue weighted by atomic mass is 9.66. The van der Waals surface area contributed by atoms with Gasteiger partial charge in [0.25, 0.3) is 11.8 Å². The van der Waals surface area contributed by atoms with Gasteiger partial charge in [-0.15, -0.1) is 0 Å². The molecule has 2 aliphatic carbocycles. The highest BCUT2D eigenvalue weighted by molar-refractivity contribution is 6.21. The molecule has 3 N–H and O–H groups in total. The molecule has 1 fully saturated rings. The molecule has 0 saturated heterocycles. The summed E-state index contributed by atoms with van der Waals surface area (Å²) >= 11 is 0. The standard InChI is InChI=1S/C35H26FN5O4/c36-28-8-4-3-5-23(28)26-15-27-29(13-14-37-30(27)21-16-38-39-17-21)40-31(26)20-9-11-22(12-10-20)34(18-35(44,45)19-34)41-32(42)24-6-1-2-7-25(24)33(41)43/h1,3-6,8-17,44-45H,2,7,18-19H2,(H,38,39). The Hall–Kier alpha value is -5.32. The number of fused-ring (bicyclic) bond motifs is 1. The van der Waals surface area contributed by atoms with Crippen LogP contribution in [0.5, 0.6) is 0 Å². The van der Waals surface area contributed by atoms with Gasteiger partial charge in [0.05, 0.1) is 28.6 Å². The van der Waals surface area contributed by atoms with Crippen LogP contribution in [0.3, 0.4) is 0 Å². The Morgan fingerprint density at radius 3 is 2.42 bits per heavy atom. The van der Waals surface area contributed by atoms with Gasteiger partial charge in [-0.1, -0.05) is 54.6 Å². The number of H-pyrrole nitrogens is 1. The number of aromatic nitrogens is 4. The number of halogens is 1. The third kappa shape index (κ3) is 4.17. The van der Waals surface area contributed by atoms with E-state index in [9.17, 15) is 19.8 Å². The van der Waals surface area contributed by atoms with Crippen LogP contribution in [0.25, 0.3) is 44.5 Å². The predicted octanol–water partition coefficient (Wildman–Crippen LogP) is 5.18. The average molecular weight is 600 g/mol. The van der Waals surface area contributed by atoms with Gasteiger partial charge in [0.2, 0.25) is 0 Å².